The second-order valence-electron chi connectivity index (χ2n) is 4.11. The van der Waals surface area contributed by atoms with Crippen LogP contribution < -0.4 is 5.32 Å². The minimum atomic E-state index is -0.310. The predicted molar refractivity (Wildman–Crippen MR) is 71.9 cm³/mol. The average Bonchev–Trinajstić information content (AvgIpc) is 2.95. The number of benzene rings is 1. The molecule has 2 N–H and O–H groups in total. The fourth-order valence-corrected chi connectivity index (χ4v) is 2.73. The molecular weight excluding hydrogens is 264 g/mol. The molecule has 1 aromatic heterocycles. The van der Waals surface area contributed by atoms with Crippen molar-refractivity contribution in [2.24, 2.45) is 0 Å². The number of H-pyrrole nitrogens is 1. The van der Waals surface area contributed by atoms with Gasteiger partial charge in [-0.25, -0.2) is 9.78 Å². The monoisotopic (exact) mass is 276 g/mol. The van der Waals surface area contributed by atoms with Crippen molar-refractivity contribution in [3.63, 3.8) is 0 Å². The highest BCUT2D eigenvalue weighted by molar-refractivity contribution is 7.99. The van der Waals surface area contributed by atoms with Crippen LogP contribution in [0.5, 0.6) is 0 Å². The number of fused-ring (bicyclic) bond motifs is 1. The Balaban J connectivity index is 1.60. The number of imide groups is 1. The molecule has 3 amide bonds. The lowest BCUT2D eigenvalue weighted by atomic mass is 10.3. The summed E-state index contributed by atoms with van der Waals surface area (Å²) in [5, 5.41) is 3.29. The molecule has 1 aromatic carbocycles. The summed E-state index contributed by atoms with van der Waals surface area (Å²) < 4.78 is 0. The number of thioether (sulfide) groups is 1. The number of nitrogens with zero attached hydrogens (tertiary/aromatic N) is 2. The van der Waals surface area contributed by atoms with Gasteiger partial charge in [-0.2, -0.15) is 0 Å². The van der Waals surface area contributed by atoms with Crippen molar-refractivity contribution in [3.05, 3.63) is 24.3 Å². The normalized spacial score (nSPS) is 15.3. The number of carbonyl (C=O) groups is 2. The number of para-hydroxylation sites is 2. The highest BCUT2D eigenvalue weighted by Crippen LogP contribution is 2.19. The van der Waals surface area contributed by atoms with E-state index in [1.54, 1.807) is 0 Å². The number of hydrogen-bond donors (Lipinski definition) is 2. The summed E-state index contributed by atoms with van der Waals surface area (Å²) in [5.41, 5.74) is 1.90. The first-order valence-electron chi connectivity index (χ1n) is 5.90. The van der Waals surface area contributed by atoms with Crippen molar-refractivity contribution < 1.29 is 9.59 Å². The van der Waals surface area contributed by atoms with Gasteiger partial charge in [-0.15, -0.1) is 0 Å². The van der Waals surface area contributed by atoms with Crippen molar-refractivity contribution in [1.82, 2.24) is 20.2 Å². The van der Waals surface area contributed by atoms with Crippen LogP contribution >= 0.6 is 11.8 Å². The van der Waals surface area contributed by atoms with Gasteiger partial charge in [0.15, 0.2) is 5.16 Å². The number of urea groups is 1. The van der Waals surface area contributed by atoms with Crippen LogP contribution in [0, 0.1) is 0 Å². The Morgan fingerprint density at radius 3 is 2.89 bits per heavy atom. The van der Waals surface area contributed by atoms with E-state index in [0.717, 1.165) is 16.2 Å². The number of amides is 3. The molecule has 0 aliphatic carbocycles. The minimum absolute atomic E-state index is 0.105. The Morgan fingerprint density at radius 1 is 1.32 bits per heavy atom. The summed E-state index contributed by atoms with van der Waals surface area (Å²) in [6.07, 6.45) is 0. The second kappa shape index (κ2) is 4.93. The van der Waals surface area contributed by atoms with E-state index in [2.05, 4.69) is 15.3 Å². The molecule has 0 unspecified atom stereocenters. The number of nitrogens with one attached hydrogen (secondary N) is 2. The van der Waals surface area contributed by atoms with Crippen molar-refractivity contribution in [2.45, 2.75) is 5.16 Å². The number of carbonyl (C=O) groups excluding carboxylic acids is 2. The van der Waals surface area contributed by atoms with Gasteiger partial charge in [-0.3, -0.25) is 9.69 Å². The van der Waals surface area contributed by atoms with Crippen molar-refractivity contribution in [1.29, 1.82) is 0 Å². The maximum atomic E-state index is 11.4. The van der Waals surface area contributed by atoms with Crippen molar-refractivity contribution >= 4 is 34.7 Å². The van der Waals surface area contributed by atoms with Crippen LogP contribution in [0.1, 0.15) is 0 Å². The summed E-state index contributed by atoms with van der Waals surface area (Å²) in [6.45, 7) is 0.501. The zero-order chi connectivity index (χ0) is 13.2. The molecule has 1 saturated heterocycles. The van der Waals surface area contributed by atoms with Crippen molar-refractivity contribution in [3.8, 4) is 0 Å². The first kappa shape index (κ1) is 12.0. The summed E-state index contributed by atoms with van der Waals surface area (Å²) >= 11 is 1.50. The molecule has 7 heteroatoms. The summed E-state index contributed by atoms with van der Waals surface area (Å²) in [4.78, 5) is 31.5. The highest BCUT2D eigenvalue weighted by atomic mass is 32.2. The zero-order valence-corrected chi connectivity index (χ0v) is 10.9. The molecular formula is C12H12N4O2S. The third kappa shape index (κ3) is 2.41. The van der Waals surface area contributed by atoms with Crippen LogP contribution in [0.2, 0.25) is 0 Å². The van der Waals surface area contributed by atoms with Gasteiger partial charge in [0.25, 0.3) is 0 Å². The van der Waals surface area contributed by atoms with Crippen LogP contribution in [-0.4, -0.2) is 45.6 Å². The molecule has 0 bridgehead atoms. The maximum absolute atomic E-state index is 11.4. The topological polar surface area (TPSA) is 78.1 Å². The number of hydrogen-bond acceptors (Lipinski definition) is 4. The SMILES string of the molecule is O=C1CNC(=O)N1CCSc1nc2ccccc2[nH]1. The van der Waals surface area contributed by atoms with Gasteiger partial charge in [0.1, 0.15) is 0 Å². The molecule has 1 aliphatic rings. The van der Waals surface area contributed by atoms with E-state index in [-0.39, 0.29) is 18.5 Å². The van der Waals surface area contributed by atoms with Crippen molar-refractivity contribution in [2.75, 3.05) is 18.8 Å². The van der Waals surface area contributed by atoms with E-state index >= 15 is 0 Å². The highest BCUT2D eigenvalue weighted by Gasteiger charge is 2.27. The quantitative estimate of drug-likeness (QED) is 0.650. The molecule has 0 atom stereocenters. The molecule has 2 aromatic rings. The first-order valence-corrected chi connectivity index (χ1v) is 6.88. The van der Waals surface area contributed by atoms with Gasteiger partial charge in [0.05, 0.1) is 17.6 Å². The van der Waals surface area contributed by atoms with Gasteiger partial charge in [0.2, 0.25) is 5.91 Å². The molecule has 19 heavy (non-hydrogen) atoms. The van der Waals surface area contributed by atoms with E-state index in [4.69, 9.17) is 0 Å². The van der Waals surface area contributed by atoms with Gasteiger partial charge < -0.3 is 10.3 Å². The molecule has 0 radical (unpaired) electrons. The summed E-state index contributed by atoms with van der Waals surface area (Å²) in [6, 6.07) is 7.47. The molecule has 0 saturated carbocycles. The van der Waals surface area contributed by atoms with Crippen LogP contribution in [-0.2, 0) is 4.79 Å². The molecule has 1 fully saturated rings. The smallest absolute Gasteiger partial charge is 0.324 e. The lowest BCUT2D eigenvalue weighted by molar-refractivity contribution is -0.124. The number of imidazole rings is 1. The number of aromatic nitrogens is 2. The molecule has 1 aliphatic heterocycles. The van der Waals surface area contributed by atoms with Crippen LogP contribution in [0.4, 0.5) is 4.79 Å². The molecule has 0 spiro atoms. The summed E-state index contributed by atoms with van der Waals surface area (Å²) in [5.74, 6) is 0.453. The molecule has 98 valence electrons. The van der Waals surface area contributed by atoms with E-state index in [1.807, 2.05) is 24.3 Å². The predicted octanol–water partition coefficient (Wildman–Crippen LogP) is 1.21. The Bertz CT molecular complexity index is 590. The summed E-state index contributed by atoms with van der Waals surface area (Å²) in [7, 11) is 0. The van der Waals surface area contributed by atoms with Crippen LogP contribution in [0.15, 0.2) is 29.4 Å². The Hall–Kier alpha value is -2.02. The molecule has 3 rings (SSSR count). The van der Waals surface area contributed by atoms with E-state index in [9.17, 15) is 9.59 Å². The lowest BCUT2D eigenvalue weighted by Crippen LogP contribution is -2.32. The second-order valence-corrected chi connectivity index (χ2v) is 5.20. The number of aromatic amines is 1. The third-order valence-electron chi connectivity index (χ3n) is 2.86. The standard InChI is InChI=1S/C12H12N4O2S/c17-10-7-13-12(18)16(10)5-6-19-11-14-8-3-1-2-4-9(8)15-11/h1-4H,5-7H2,(H,13,18)(H,14,15). The van der Waals surface area contributed by atoms with Crippen LogP contribution in [0.25, 0.3) is 11.0 Å². The van der Waals surface area contributed by atoms with E-state index in [1.165, 1.54) is 16.7 Å². The van der Waals surface area contributed by atoms with Gasteiger partial charge in [-0.05, 0) is 12.1 Å². The zero-order valence-electron chi connectivity index (χ0n) is 10.0. The minimum Gasteiger partial charge on any atom is -0.333 e. The molecule has 2 heterocycles. The van der Waals surface area contributed by atoms with Crippen LogP contribution in [0.3, 0.4) is 0 Å². The Labute approximate surface area is 113 Å². The fourth-order valence-electron chi connectivity index (χ4n) is 1.91. The average molecular weight is 276 g/mol. The Kier molecular flexibility index (Phi) is 3.12. The van der Waals surface area contributed by atoms with Gasteiger partial charge in [0, 0.05) is 12.3 Å². The third-order valence-corrected chi connectivity index (χ3v) is 3.71. The Morgan fingerprint density at radius 2 is 2.16 bits per heavy atom. The molecule has 6 nitrogen and oxygen atoms in total. The van der Waals surface area contributed by atoms with E-state index in [0.29, 0.717) is 12.3 Å². The first-order chi connectivity index (χ1) is 9.24. The maximum Gasteiger partial charge on any atom is 0.324 e. The van der Waals surface area contributed by atoms with Gasteiger partial charge >= 0.3 is 6.03 Å². The number of rotatable bonds is 4. The fraction of sp³-hybridized carbons (Fsp3) is 0.250. The largest absolute Gasteiger partial charge is 0.333 e. The van der Waals surface area contributed by atoms with E-state index < -0.39 is 0 Å². The van der Waals surface area contributed by atoms with Gasteiger partial charge in [-0.1, -0.05) is 23.9 Å². The lowest BCUT2D eigenvalue weighted by Gasteiger charge is -2.10.